The third kappa shape index (κ3) is 78.9. The zero-order valence-electron chi connectivity index (χ0n) is 77.5. The topological polar surface area (TPSA) is 77.2 Å². The summed E-state index contributed by atoms with van der Waals surface area (Å²) >= 11 is 0. The van der Waals surface area contributed by atoms with Crippen molar-refractivity contribution in [3.8, 4) is 0 Å². The molecule has 0 aromatic rings. The van der Waals surface area contributed by atoms with Gasteiger partial charge in [-0.3, -0.25) is 9.80 Å². The third-order valence-electron chi connectivity index (χ3n) is 20.2. The van der Waals surface area contributed by atoms with E-state index in [1.54, 1.807) is 5.57 Å². The van der Waals surface area contributed by atoms with Gasteiger partial charge in [0.25, 0.3) is 0 Å². The summed E-state index contributed by atoms with van der Waals surface area (Å²) < 4.78 is 21.6. The van der Waals surface area contributed by atoms with Crippen LogP contribution < -0.4 is 10.6 Å². The van der Waals surface area contributed by atoms with Gasteiger partial charge in [0, 0.05) is 97.7 Å². The van der Waals surface area contributed by atoms with E-state index in [9.17, 15) is 0 Å². The summed E-state index contributed by atoms with van der Waals surface area (Å²) in [6.07, 6.45) is 30.6. The molecule has 9 fully saturated rings. The van der Waals surface area contributed by atoms with E-state index < -0.39 is 0 Å². The van der Waals surface area contributed by atoms with Crippen molar-refractivity contribution in [3.63, 3.8) is 0 Å². The second-order valence-corrected chi connectivity index (χ2v) is 46.7. The van der Waals surface area contributed by atoms with E-state index >= 15 is 0 Å². The van der Waals surface area contributed by atoms with E-state index in [-0.39, 0.29) is 44.6 Å². The van der Waals surface area contributed by atoms with Gasteiger partial charge in [0.05, 0.1) is 45.7 Å². The summed E-state index contributed by atoms with van der Waals surface area (Å²) in [4.78, 5) is 12.4. The lowest BCUT2D eigenvalue weighted by molar-refractivity contribution is -0.00700. The Morgan fingerprint density at radius 3 is 1.10 bits per heavy atom. The summed E-state index contributed by atoms with van der Waals surface area (Å²) in [5.74, 6) is 4.04. The number of nitrogens with zero attached hydrogens (tertiary/aromatic N) is 5. The summed E-state index contributed by atoms with van der Waals surface area (Å²) in [7, 11) is 2.19. The maximum Gasteiger partial charge on any atom is 0.0620 e. The summed E-state index contributed by atoms with van der Waals surface area (Å²) in [5.41, 5.74) is 6.50. The summed E-state index contributed by atoms with van der Waals surface area (Å²) in [6, 6.07) is 0.573. The summed E-state index contributed by atoms with van der Waals surface area (Å²) in [6.45, 7) is 98.5. The molecule has 10 rings (SSSR count). The molecule has 11 heteroatoms. The average Bonchev–Trinajstić information content (AvgIpc) is 0.862. The van der Waals surface area contributed by atoms with Gasteiger partial charge in [0.2, 0.25) is 0 Å². The first-order valence-corrected chi connectivity index (χ1v) is 44.1. The van der Waals surface area contributed by atoms with Crippen molar-refractivity contribution in [2.45, 2.75) is 400 Å². The molecule has 7 saturated heterocycles. The summed E-state index contributed by atoms with van der Waals surface area (Å²) in [5, 5.41) is 6.77. The molecule has 8 aliphatic heterocycles. The fourth-order valence-electron chi connectivity index (χ4n) is 15.9. The van der Waals surface area contributed by atoms with Crippen molar-refractivity contribution in [2.24, 2.45) is 77.8 Å². The van der Waals surface area contributed by atoms with Crippen LogP contribution in [0.25, 0.3) is 0 Å². The monoisotopic (exact) mass is 1580 g/mol. The smallest absolute Gasteiger partial charge is 0.0620 e. The Morgan fingerprint density at radius 1 is 0.369 bits per heavy atom. The quantitative estimate of drug-likeness (QED) is 0.194. The first kappa shape index (κ1) is 121. The number of nitrogens with one attached hydrogen (secondary N) is 2. The van der Waals surface area contributed by atoms with E-state index in [0.717, 1.165) is 109 Å². The lowest BCUT2D eigenvalue weighted by atomic mass is 9.74. The van der Waals surface area contributed by atoms with Gasteiger partial charge < -0.3 is 44.3 Å². The van der Waals surface area contributed by atoms with Crippen LogP contribution in [0.15, 0.2) is 11.6 Å². The molecular weight excluding hydrogens is 1360 g/mol. The van der Waals surface area contributed by atoms with Crippen molar-refractivity contribution < 1.29 is 18.9 Å². The minimum Gasteiger partial charge on any atom is -0.379 e. The number of ether oxygens (including phenoxy) is 4. The van der Waals surface area contributed by atoms with Gasteiger partial charge in [0.15, 0.2) is 0 Å². The number of hydrogen-bond acceptors (Lipinski definition) is 11. The van der Waals surface area contributed by atoms with Crippen LogP contribution in [0.1, 0.15) is 388 Å². The van der Waals surface area contributed by atoms with E-state index in [0.29, 0.717) is 66.3 Å². The van der Waals surface area contributed by atoms with Crippen LogP contribution in [0.2, 0.25) is 0 Å². The number of likely N-dealkylation sites (tertiary alicyclic amines) is 3. The molecule has 0 bridgehead atoms. The maximum atomic E-state index is 5.65. The lowest BCUT2D eigenvalue weighted by Crippen LogP contribution is -2.48. The highest BCUT2D eigenvalue weighted by Crippen LogP contribution is 2.38. The van der Waals surface area contributed by atoms with Crippen LogP contribution in [0, 0.1) is 77.8 Å². The van der Waals surface area contributed by atoms with E-state index in [1.807, 2.05) is 0 Å². The Labute approximate surface area is 704 Å². The van der Waals surface area contributed by atoms with Crippen molar-refractivity contribution in [1.82, 2.24) is 35.1 Å². The molecule has 2 aliphatic carbocycles. The zero-order valence-corrected chi connectivity index (χ0v) is 77.5. The Morgan fingerprint density at radius 2 is 0.784 bits per heavy atom. The number of rotatable bonds is 11. The standard InChI is InChI=1S/C11H22.C10H21NO.C10H19N.C10H20O.2C9H19NO.2C9H19N.C9H18.C8H17N.6CH4/c1-11(2,3)9-10-7-5-4-6-8-10;1-10(2,3)4-5-11-6-8-12-9-7-11;1-10(2,3)8-9-4-6-11-7-5-9;1-10(2,3)8-9-6-4-5-7-11-9;1-9(2,3)8-10-4-6-11-7-5-10;1-9(2,3)6-8-7-11-5-4-10-8;1-9(2,3)5-8-6-10(4)7-8;1-8-5-10(6-8)7-9(2,3)4;1-9(2,3)7-8-5-4-6-8;1-8(2,3)7-9-5-4-6-9;;;;;;/h10H,4-9H2,1-3H3;4-9H2,1-3H3;4,11H,5-8H2,1-3H3;9H,4-8H2,1-3H3;4-8H2,1-3H3;8,10H,4-7H2,1-3H3;2*8H,5-7H2,1-4H3;8H,4-7H2,1-3H3;4-7H2,1-3H3;6*1H4. The van der Waals surface area contributed by atoms with Crippen LogP contribution in [0.3, 0.4) is 0 Å². The first-order chi connectivity index (χ1) is 48.1. The van der Waals surface area contributed by atoms with Gasteiger partial charge in [-0.05, 0) is 188 Å². The Bertz CT molecular complexity index is 1920. The Kier molecular flexibility index (Phi) is 65.4. The van der Waals surface area contributed by atoms with E-state index in [4.69, 9.17) is 18.9 Å². The predicted octanol–water partition coefficient (Wildman–Crippen LogP) is 26.6. The van der Waals surface area contributed by atoms with E-state index in [2.05, 4.69) is 263 Å². The molecule has 2 saturated carbocycles. The molecular formula is C100H217N7O4. The SMILES string of the molecule is C.C.C.C.C.C.CC(C)(C)CC1=CCNCC1.CC(C)(C)CC1CCC1.CC(C)(C)CC1CCCCC1.CC(C)(C)CC1CCCCO1.CC(C)(C)CC1COCCN1.CC(C)(C)CCN1CCOCC1.CC(C)(C)CN1CCC1.CC(C)(C)CN1CCOCC1.CC1CN(CC(C)(C)C)C1.CN1CC(CC(C)(C)C)C1. The van der Waals surface area contributed by atoms with Crippen LogP contribution in [-0.2, 0) is 18.9 Å². The van der Waals surface area contributed by atoms with Crippen molar-refractivity contribution in [1.29, 1.82) is 0 Å². The predicted molar refractivity (Wildman–Crippen MR) is 505 cm³/mol. The second-order valence-electron chi connectivity index (χ2n) is 46.7. The molecule has 2 N–H and O–H groups in total. The molecule has 8 heterocycles. The minimum absolute atomic E-state index is 0. The highest BCUT2D eigenvalue weighted by molar-refractivity contribution is 5.08. The molecule has 11 nitrogen and oxygen atoms in total. The Hall–Kier alpha value is -0.700. The fraction of sp³-hybridized carbons (Fsp3) is 0.980. The van der Waals surface area contributed by atoms with Crippen LogP contribution in [0.5, 0.6) is 0 Å². The molecule has 0 radical (unpaired) electrons. The zero-order chi connectivity index (χ0) is 80.0. The number of morpholine rings is 3. The van der Waals surface area contributed by atoms with Gasteiger partial charge in [-0.15, -0.1) is 0 Å². The molecule has 0 aromatic heterocycles. The molecule has 676 valence electrons. The molecule has 0 aromatic carbocycles. The molecule has 2 unspecified atom stereocenters. The van der Waals surface area contributed by atoms with Gasteiger partial charge >= 0.3 is 0 Å². The Balaban J connectivity index is -0.000000274. The van der Waals surface area contributed by atoms with Gasteiger partial charge in [-0.25, -0.2) is 0 Å². The van der Waals surface area contributed by atoms with Crippen LogP contribution >= 0.6 is 0 Å². The molecule has 0 amide bonds. The minimum atomic E-state index is 0. The molecule has 111 heavy (non-hydrogen) atoms. The van der Waals surface area contributed by atoms with Crippen LogP contribution in [-0.4, -0.2) is 201 Å². The van der Waals surface area contributed by atoms with Gasteiger partial charge in [-0.2, -0.15) is 0 Å². The van der Waals surface area contributed by atoms with Crippen molar-refractivity contribution in [2.75, 3.05) is 165 Å². The van der Waals surface area contributed by atoms with Crippen molar-refractivity contribution >= 4 is 0 Å². The van der Waals surface area contributed by atoms with Crippen molar-refractivity contribution in [3.05, 3.63) is 11.6 Å². The fourth-order valence-corrected chi connectivity index (χ4v) is 15.9. The second kappa shape index (κ2) is 59.9. The maximum absolute atomic E-state index is 5.65. The normalized spacial score (nSPS) is 21.6. The lowest BCUT2D eigenvalue weighted by Gasteiger charge is -2.41. The first-order valence-electron chi connectivity index (χ1n) is 44.1. The largest absolute Gasteiger partial charge is 0.379 e. The average molecular weight is 1580 g/mol. The molecule has 2 atom stereocenters. The van der Waals surface area contributed by atoms with Crippen LogP contribution in [0.4, 0.5) is 0 Å². The highest BCUT2D eigenvalue weighted by Gasteiger charge is 2.30. The van der Waals surface area contributed by atoms with Gasteiger partial charge in [0.1, 0.15) is 0 Å². The number of hydrogen-bond donors (Lipinski definition) is 2. The molecule has 0 spiro atoms. The third-order valence-corrected chi connectivity index (χ3v) is 20.2. The van der Waals surface area contributed by atoms with E-state index in [1.165, 1.54) is 200 Å². The molecule has 10 aliphatic rings. The van der Waals surface area contributed by atoms with Gasteiger partial charge in [-0.1, -0.05) is 322 Å². The highest BCUT2D eigenvalue weighted by atomic mass is 16.5.